The molecule has 0 bridgehead atoms. The fourth-order valence-corrected chi connectivity index (χ4v) is 4.72. The van der Waals surface area contributed by atoms with Crippen LogP contribution in [-0.2, 0) is 4.79 Å². The number of amides is 1. The van der Waals surface area contributed by atoms with Crippen molar-refractivity contribution in [1.29, 1.82) is 5.26 Å². The molecule has 2 aromatic carbocycles. The first kappa shape index (κ1) is 27.3. The van der Waals surface area contributed by atoms with E-state index in [1.54, 1.807) is 17.0 Å². The Kier molecular flexibility index (Phi) is 8.76. The Morgan fingerprint density at radius 1 is 1.39 bits per heavy atom. The summed E-state index contributed by atoms with van der Waals surface area (Å²) in [5, 5.41) is 22.1. The lowest BCUT2D eigenvalue weighted by atomic mass is 10.00. The zero-order chi connectivity index (χ0) is 27.2. The molecule has 0 radical (unpaired) electrons. The molecule has 2 aliphatic rings. The number of carbonyl (C=O) groups is 1. The number of hydrazone groups is 1. The average molecular weight is 544 g/mol. The SMILES string of the molecule is CCN(C(=O)[C@H]1CCCN1)C1CN(C(=Nc2cccc(OC(F)F)c2)NC#N)N=C1c1ccc(Cl)c(C)c1. The normalized spacial score (nSPS) is 19.3. The molecule has 1 amide bonds. The quantitative estimate of drug-likeness (QED) is 0.237. The summed E-state index contributed by atoms with van der Waals surface area (Å²) in [6.07, 6.45) is 3.55. The molecular weight excluding hydrogens is 516 g/mol. The molecule has 0 saturated carbocycles. The van der Waals surface area contributed by atoms with Gasteiger partial charge >= 0.3 is 6.61 Å². The molecule has 12 heteroatoms. The van der Waals surface area contributed by atoms with Crippen LogP contribution in [0.1, 0.15) is 30.9 Å². The summed E-state index contributed by atoms with van der Waals surface area (Å²) in [7, 11) is 0. The molecule has 38 heavy (non-hydrogen) atoms. The second kappa shape index (κ2) is 12.2. The van der Waals surface area contributed by atoms with E-state index in [0.29, 0.717) is 17.3 Å². The van der Waals surface area contributed by atoms with Gasteiger partial charge in [-0.25, -0.2) is 10.0 Å². The molecule has 2 atom stereocenters. The van der Waals surface area contributed by atoms with Crippen molar-refractivity contribution in [2.75, 3.05) is 19.6 Å². The molecular formula is C26H28ClF2N7O2. The molecule has 1 fully saturated rings. The number of alkyl halides is 2. The maximum atomic E-state index is 13.5. The van der Waals surface area contributed by atoms with E-state index in [4.69, 9.17) is 16.7 Å². The Balaban J connectivity index is 1.72. The molecule has 2 heterocycles. The van der Waals surface area contributed by atoms with Crippen molar-refractivity contribution in [3.63, 3.8) is 0 Å². The van der Waals surface area contributed by atoms with E-state index < -0.39 is 12.7 Å². The van der Waals surface area contributed by atoms with Gasteiger partial charge in [0.2, 0.25) is 11.9 Å². The van der Waals surface area contributed by atoms with E-state index in [1.807, 2.05) is 32.2 Å². The van der Waals surface area contributed by atoms with Crippen LogP contribution in [0.15, 0.2) is 52.6 Å². The summed E-state index contributed by atoms with van der Waals surface area (Å²) < 4.78 is 29.8. The van der Waals surface area contributed by atoms with Gasteiger partial charge in [-0.15, -0.1) is 0 Å². The Bertz CT molecular complexity index is 1270. The lowest BCUT2D eigenvalue weighted by Crippen LogP contribution is -2.53. The van der Waals surface area contributed by atoms with Crippen LogP contribution in [0.2, 0.25) is 5.02 Å². The minimum absolute atomic E-state index is 0.0150. The number of guanidine groups is 1. The van der Waals surface area contributed by atoms with Crippen LogP contribution in [0.4, 0.5) is 14.5 Å². The van der Waals surface area contributed by atoms with E-state index in [-0.39, 0.29) is 35.9 Å². The van der Waals surface area contributed by atoms with E-state index >= 15 is 0 Å². The molecule has 0 aliphatic carbocycles. The van der Waals surface area contributed by atoms with Crippen LogP contribution < -0.4 is 15.4 Å². The number of nitriles is 1. The lowest BCUT2D eigenvalue weighted by molar-refractivity contribution is -0.133. The fourth-order valence-electron chi connectivity index (χ4n) is 4.60. The summed E-state index contributed by atoms with van der Waals surface area (Å²) in [6.45, 7) is 2.29. The van der Waals surface area contributed by atoms with Gasteiger partial charge in [0.05, 0.1) is 30.0 Å². The van der Waals surface area contributed by atoms with E-state index in [9.17, 15) is 18.8 Å². The number of nitrogens with zero attached hydrogens (tertiary/aromatic N) is 5. The van der Waals surface area contributed by atoms with Gasteiger partial charge in [0.1, 0.15) is 5.75 Å². The number of aliphatic imine (C=N–C) groups is 1. The highest BCUT2D eigenvalue weighted by Gasteiger charge is 2.39. The topological polar surface area (TPSA) is 105 Å². The van der Waals surface area contributed by atoms with Crippen molar-refractivity contribution in [3.8, 4) is 11.9 Å². The third-order valence-electron chi connectivity index (χ3n) is 6.39. The van der Waals surface area contributed by atoms with Gasteiger partial charge in [-0.1, -0.05) is 23.7 Å². The first-order chi connectivity index (χ1) is 18.3. The zero-order valence-corrected chi connectivity index (χ0v) is 21.8. The number of hydrogen-bond acceptors (Lipinski definition) is 6. The molecule has 0 aromatic heterocycles. The predicted molar refractivity (Wildman–Crippen MR) is 141 cm³/mol. The van der Waals surface area contributed by atoms with Gasteiger partial charge < -0.3 is 15.0 Å². The van der Waals surface area contributed by atoms with Crippen LogP contribution in [0.5, 0.6) is 5.75 Å². The largest absolute Gasteiger partial charge is 0.435 e. The summed E-state index contributed by atoms with van der Waals surface area (Å²) >= 11 is 6.26. The van der Waals surface area contributed by atoms with Gasteiger partial charge in [0, 0.05) is 23.2 Å². The number of halogens is 3. The predicted octanol–water partition coefficient (Wildman–Crippen LogP) is 4.00. The molecule has 1 saturated heterocycles. The Morgan fingerprint density at radius 3 is 2.87 bits per heavy atom. The number of likely N-dealkylation sites (N-methyl/N-ethyl adjacent to an activating group) is 1. The molecule has 200 valence electrons. The van der Waals surface area contributed by atoms with Crippen molar-refractivity contribution in [1.82, 2.24) is 20.5 Å². The zero-order valence-electron chi connectivity index (χ0n) is 21.0. The smallest absolute Gasteiger partial charge is 0.387 e. The Hall–Kier alpha value is -3.75. The third kappa shape index (κ3) is 6.20. The van der Waals surface area contributed by atoms with Crippen LogP contribution in [0.25, 0.3) is 0 Å². The second-order valence-electron chi connectivity index (χ2n) is 8.87. The number of nitrogens with one attached hydrogen (secondary N) is 2. The summed E-state index contributed by atoms with van der Waals surface area (Å²) in [4.78, 5) is 19.7. The average Bonchev–Trinajstić information content (AvgIpc) is 3.57. The van der Waals surface area contributed by atoms with Crippen molar-refractivity contribution in [2.45, 2.75) is 45.4 Å². The van der Waals surface area contributed by atoms with Crippen molar-refractivity contribution in [2.24, 2.45) is 10.1 Å². The highest BCUT2D eigenvalue weighted by molar-refractivity contribution is 6.31. The molecule has 9 nitrogen and oxygen atoms in total. The van der Waals surface area contributed by atoms with E-state index in [1.165, 1.54) is 23.2 Å². The summed E-state index contributed by atoms with van der Waals surface area (Å²) in [5.41, 5.74) is 2.55. The number of aryl methyl sites for hydroxylation is 1. The monoisotopic (exact) mass is 543 g/mol. The highest BCUT2D eigenvalue weighted by atomic mass is 35.5. The van der Waals surface area contributed by atoms with Crippen molar-refractivity contribution < 1.29 is 18.3 Å². The number of carbonyl (C=O) groups excluding carboxylic acids is 1. The van der Waals surface area contributed by atoms with Crippen LogP contribution in [0, 0.1) is 18.4 Å². The molecule has 2 aromatic rings. The molecule has 2 aliphatic heterocycles. The van der Waals surface area contributed by atoms with Crippen LogP contribution in [-0.4, -0.2) is 65.8 Å². The lowest BCUT2D eigenvalue weighted by Gasteiger charge is -2.31. The maximum Gasteiger partial charge on any atom is 0.387 e. The van der Waals surface area contributed by atoms with Crippen LogP contribution in [0.3, 0.4) is 0 Å². The maximum absolute atomic E-state index is 13.5. The second-order valence-corrected chi connectivity index (χ2v) is 9.28. The third-order valence-corrected chi connectivity index (χ3v) is 6.82. The number of rotatable bonds is 7. The van der Waals surface area contributed by atoms with Gasteiger partial charge in [-0.05, 0) is 63.1 Å². The summed E-state index contributed by atoms with van der Waals surface area (Å²) in [6, 6.07) is 10.7. The molecule has 4 rings (SSSR count). The molecule has 1 unspecified atom stereocenters. The highest BCUT2D eigenvalue weighted by Crippen LogP contribution is 2.26. The van der Waals surface area contributed by atoms with Gasteiger partial charge in [-0.2, -0.15) is 19.1 Å². The minimum atomic E-state index is -2.98. The van der Waals surface area contributed by atoms with Gasteiger partial charge in [0.15, 0.2) is 6.19 Å². The van der Waals surface area contributed by atoms with E-state index in [0.717, 1.165) is 30.5 Å². The Morgan fingerprint density at radius 2 is 2.21 bits per heavy atom. The van der Waals surface area contributed by atoms with Gasteiger partial charge in [0.25, 0.3) is 0 Å². The van der Waals surface area contributed by atoms with Gasteiger partial charge in [-0.3, -0.25) is 10.1 Å². The van der Waals surface area contributed by atoms with E-state index in [2.05, 4.69) is 20.4 Å². The number of ether oxygens (including phenoxy) is 1. The molecule has 2 N–H and O–H groups in total. The van der Waals surface area contributed by atoms with Crippen molar-refractivity contribution >= 4 is 34.9 Å². The first-order valence-electron chi connectivity index (χ1n) is 12.3. The minimum Gasteiger partial charge on any atom is -0.435 e. The summed E-state index contributed by atoms with van der Waals surface area (Å²) in [5.74, 6) is -0.00167. The fraction of sp³-hybridized carbons (Fsp3) is 0.385. The first-order valence-corrected chi connectivity index (χ1v) is 12.6. The molecule has 0 spiro atoms. The van der Waals surface area contributed by atoms with Crippen molar-refractivity contribution in [3.05, 3.63) is 58.6 Å². The Labute approximate surface area is 224 Å². The van der Waals surface area contributed by atoms with Crippen LogP contribution >= 0.6 is 11.6 Å². The standard InChI is InChI=1S/C26H28ClF2N7O2/c1-3-35(24(37)21-8-5-11-31-21)22-14-36(34-23(22)17-9-10-20(27)16(2)12-17)26(32-15-30)33-18-6-4-7-19(13-18)38-25(28)29/h4,6-7,9-10,12-13,21-22,25,31H,3,5,8,11,14H2,1-2H3,(H,32,33)/t21-,22?/m1/s1. The number of benzene rings is 2. The number of hydrogen-bond donors (Lipinski definition) is 2.